The molecule has 0 aromatic rings. The molecule has 10 heteroatoms. The fourth-order valence-electron chi connectivity index (χ4n) is 7.54. The lowest BCUT2D eigenvalue weighted by molar-refractivity contribution is -0.339. The smallest absolute Gasteiger partial charge is 0.313 e. The summed E-state index contributed by atoms with van der Waals surface area (Å²) < 4.78 is 32.2. The maximum Gasteiger partial charge on any atom is 0.313 e. The van der Waals surface area contributed by atoms with E-state index in [0.717, 1.165) is 36.5 Å². The van der Waals surface area contributed by atoms with E-state index in [-0.39, 0.29) is 65.8 Å². The summed E-state index contributed by atoms with van der Waals surface area (Å²) >= 11 is 0. The van der Waals surface area contributed by atoms with Gasteiger partial charge in [-0.3, -0.25) is 9.59 Å². The first-order valence-electron chi connectivity index (χ1n) is 20.7. The molecule has 0 aromatic carbocycles. The van der Waals surface area contributed by atoms with Crippen LogP contribution in [0.1, 0.15) is 148 Å². The Labute approximate surface area is 327 Å². The van der Waals surface area contributed by atoms with Crippen LogP contribution in [0.3, 0.4) is 0 Å². The monoisotopic (exact) mass is 783 g/mol. The first-order valence-corrected chi connectivity index (χ1v) is 26.1. The van der Waals surface area contributed by atoms with Gasteiger partial charge in [-0.15, -0.1) is 0 Å². The van der Waals surface area contributed by atoms with Crippen LogP contribution in [0.5, 0.6) is 0 Å². The summed E-state index contributed by atoms with van der Waals surface area (Å²) in [5.41, 5.74) is 1.86. The second-order valence-electron chi connectivity index (χ2n) is 18.4. The highest BCUT2D eigenvalue weighted by Gasteiger charge is 2.51. The molecule has 0 saturated carbocycles. The molecule has 0 amide bonds. The van der Waals surface area contributed by atoms with Crippen LogP contribution >= 0.6 is 0 Å². The van der Waals surface area contributed by atoms with Gasteiger partial charge in [-0.25, -0.2) is 0 Å². The third-order valence-electron chi connectivity index (χ3n) is 12.1. The van der Waals surface area contributed by atoms with E-state index in [4.69, 9.17) is 18.3 Å². The van der Waals surface area contributed by atoms with E-state index < -0.39 is 34.5 Å². The number of Topliss-reactive ketones (excluding diaryl/α,β-unsaturated/α-hetero) is 1. The summed E-state index contributed by atoms with van der Waals surface area (Å²) in [5.74, 6) is -1.73. The van der Waals surface area contributed by atoms with Crippen LogP contribution in [-0.2, 0) is 32.7 Å². The minimum atomic E-state index is -2.08. The van der Waals surface area contributed by atoms with Gasteiger partial charge in [0, 0.05) is 30.3 Å². The number of aliphatic hydroxyl groups excluding tert-OH is 1. The Morgan fingerprint density at radius 3 is 2.04 bits per heavy atom. The van der Waals surface area contributed by atoms with Crippen molar-refractivity contribution in [1.29, 1.82) is 0 Å². The quantitative estimate of drug-likeness (QED) is 0.0359. The molecule has 1 aliphatic heterocycles. The molecule has 1 saturated heterocycles. The van der Waals surface area contributed by atoms with Crippen molar-refractivity contribution in [3.63, 3.8) is 0 Å². The Balaban J connectivity index is 3.46. The SMILES string of the molecule is CCCCC[C@H](C/C=C(\C)[C@H]1OC(C)(C)O[C@@H]([C@H](C)/C=C(\C)[C@H](C[C@H](O)CC(=O)CC(=O)OC)O[Si](CC)(CC)CC)C1(C)C)O[Si](C)(C)C(C)(C)C. The van der Waals surface area contributed by atoms with Crippen LogP contribution in [-0.4, -0.2) is 76.9 Å². The van der Waals surface area contributed by atoms with Crippen LogP contribution in [0.15, 0.2) is 23.3 Å². The van der Waals surface area contributed by atoms with Crippen molar-refractivity contribution in [3.05, 3.63) is 23.3 Å². The van der Waals surface area contributed by atoms with E-state index in [0.29, 0.717) is 0 Å². The number of carbonyl (C=O) groups excluding carboxylic acids is 2. The predicted molar refractivity (Wildman–Crippen MR) is 224 cm³/mol. The average Bonchev–Trinajstić information content (AvgIpc) is 3.05. The second kappa shape index (κ2) is 21.4. The number of ether oxygens (including phenoxy) is 3. The fraction of sp³-hybridized carbons (Fsp3) is 0.860. The first-order chi connectivity index (χ1) is 24.3. The van der Waals surface area contributed by atoms with Crippen molar-refractivity contribution in [2.45, 2.75) is 221 Å². The summed E-state index contributed by atoms with van der Waals surface area (Å²) in [5, 5.41) is 11.3. The summed E-state index contributed by atoms with van der Waals surface area (Å²) in [6.07, 6.45) is 8.48. The van der Waals surface area contributed by atoms with Crippen molar-refractivity contribution >= 4 is 28.4 Å². The maximum atomic E-state index is 12.5. The van der Waals surface area contributed by atoms with Gasteiger partial charge in [0.1, 0.15) is 12.2 Å². The number of carbonyl (C=O) groups is 2. The third-order valence-corrected chi connectivity index (χ3v) is 21.3. The molecule has 310 valence electrons. The number of hydrogen-bond acceptors (Lipinski definition) is 8. The van der Waals surface area contributed by atoms with E-state index in [9.17, 15) is 14.7 Å². The van der Waals surface area contributed by atoms with Crippen molar-refractivity contribution in [3.8, 4) is 0 Å². The lowest BCUT2D eigenvalue weighted by Crippen LogP contribution is -2.58. The molecule has 1 fully saturated rings. The van der Waals surface area contributed by atoms with E-state index in [1.165, 1.54) is 31.9 Å². The van der Waals surface area contributed by atoms with E-state index in [1.54, 1.807) is 0 Å². The van der Waals surface area contributed by atoms with Crippen LogP contribution in [0.25, 0.3) is 0 Å². The van der Waals surface area contributed by atoms with Gasteiger partial charge in [0.05, 0.1) is 31.5 Å². The van der Waals surface area contributed by atoms with Gasteiger partial charge < -0.3 is 28.2 Å². The standard InChI is InChI=1S/C43H82O8Si2/c1-18-22-23-24-36(50-52(16,17)41(8,9)10)26-25-31(5)39-42(11,12)40(49-43(13,14)48-39)33(7)27-32(6)37(51-53(19-2,20-3)21-4)29-34(44)28-35(45)30-38(46)47-15/h25,27,33-34,36-37,39-40,44H,18-24,26,28-30H2,1-17H3/b31-25+,32-27+/t33-,34-,36-,37+,39-,40+/m1/s1. The number of ketones is 1. The lowest BCUT2D eigenvalue weighted by Gasteiger charge is -2.53. The topological polar surface area (TPSA) is 101 Å². The molecule has 0 bridgehead atoms. The Morgan fingerprint density at radius 2 is 1.53 bits per heavy atom. The highest BCUT2D eigenvalue weighted by Crippen LogP contribution is 2.46. The van der Waals surface area contributed by atoms with Crippen LogP contribution in [0.2, 0.25) is 36.3 Å². The largest absolute Gasteiger partial charge is 0.469 e. The molecular weight excluding hydrogens is 701 g/mol. The summed E-state index contributed by atoms with van der Waals surface area (Å²) in [6, 6.07) is 2.90. The lowest BCUT2D eigenvalue weighted by atomic mass is 9.71. The van der Waals surface area contributed by atoms with Crippen LogP contribution in [0, 0.1) is 11.3 Å². The molecule has 0 aromatic heterocycles. The van der Waals surface area contributed by atoms with E-state index >= 15 is 0 Å². The number of aliphatic hydroxyl groups is 1. The van der Waals surface area contributed by atoms with Crippen molar-refractivity contribution in [2.75, 3.05) is 7.11 Å². The molecule has 1 aliphatic rings. The highest BCUT2D eigenvalue weighted by atomic mass is 28.4. The molecular formula is C43H82O8Si2. The van der Waals surface area contributed by atoms with Gasteiger partial charge in [-0.2, -0.15) is 0 Å². The molecule has 1 rings (SSSR count). The highest BCUT2D eigenvalue weighted by molar-refractivity contribution is 6.74. The van der Waals surface area contributed by atoms with Crippen LogP contribution < -0.4 is 0 Å². The second-order valence-corrected chi connectivity index (χ2v) is 27.9. The molecule has 1 heterocycles. The Kier molecular flexibility index (Phi) is 20.1. The zero-order valence-corrected chi connectivity index (χ0v) is 39.2. The van der Waals surface area contributed by atoms with Crippen molar-refractivity contribution in [2.24, 2.45) is 11.3 Å². The minimum absolute atomic E-state index is 0.00247. The maximum absolute atomic E-state index is 12.5. The van der Waals surface area contributed by atoms with Crippen LogP contribution in [0.4, 0.5) is 0 Å². The van der Waals surface area contributed by atoms with Gasteiger partial charge in [0.15, 0.2) is 22.4 Å². The number of hydrogen-bond donors (Lipinski definition) is 1. The normalized spacial score (nSPS) is 22.2. The number of esters is 1. The third kappa shape index (κ3) is 15.4. The molecule has 6 atom stereocenters. The van der Waals surface area contributed by atoms with Gasteiger partial charge in [0.25, 0.3) is 0 Å². The Bertz CT molecular complexity index is 1190. The van der Waals surface area contributed by atoms with Gasteiger partial charge in [-0.05, 0) is 87.9 Å². The summed E-state index contributed by atoms with van der Waals surface area (Å²) in [7, 11) is -2.76. The number of rotatable bonds is 23. The first kappa shape index (κ1) is 49.9. The van der Waals surface area contributed by atoms with Gasteiger partial charge in [0.2, 0.25) is 0 Å². The predicted octanol–water partition coefficient (Wildman–Crippen LogP) is 11.1. The molecule has 53 heavy (non-hydrogen) atoms. The van der Waals surface area contributed by atoms with Crippen molar-refractivity contribution in [1.82, 2.24) is 0 Å². The molecule has 8 nitrogen and oxygen atoms in total. The number of methoxy groups -OCH3 is 1. The number of unbranched alkanes of at least 4 members (excludes halogenated alkanes) is 2. The zero-order chi connectivity index (χ0) is 41.0. The van der Waals surface area contributed by atoms with E-state index in [2.05, 4.69) is 113 Å². The molecule has 0 spiro atoms. The Hall–Kier alpha value is -1.15. The Morgan fingerprint density at radius 1 is 0.943 bits per heavy atom. The molecule has 1 N–H and O–H groups in total. The molecule has 0 unspecified atom stereocenters. The molecule has 0 radical (unpaired) electrons. The molecule has 0 aliphatic carbocycles. The fourth-order valence-corrected chi connectivity index (χ4v) is 11.8. The minimum Gasteiger partial charge on any atom is -0.469 e. The summed E-state index contributed by atoms with van der Waals surface area (Å²) in [4.78, 5) is 24.2. The van der Waals surface area contributed by atoms with Gasteiger partial charge >= 0.3 is 5.97 Å². The zero-order valence-electron chi connectivity index (χ0n) is 37.2. The van der Waals surface area contributed by atoms with E-state index in [1.807, 2.05) is 13.8 Å². The summed E-state index contributed by atoms with van der Waals surface area (Å²) in [6.45, 7) is 35.4. The average molecular weight is 783 g/mol. The van der Waals surface area contributed by atoms with Gasteiger partial charge in [-0.1, -0.05) is 101 Å². The van der Waals surface area contributed by atoms with Crippen molar-refractivity contribution < 1.29 is 37.8 Å².